The third-order valence-electron chi connectivity index (χ3n) is 5.03. The summed E-state index contributed by atoms with van der Waals surface area (Å²) in [6, 6.07) is 14.4. The van der Waals surface area contributed by atoms with Crippen LogP contribution in [0.3, 0.4) is 0 Å². The van der Waals surface area contributed by atoms with E-state index in [0.717, 1.165) is 25.7 Å². The first-order valence-corrected chi connectivity index (χ1v) is 9.58. The normalized spacial score (nSPS) is 13.8. The summed E-state index contributed by atoms with van der Waals surface area (Å²) in [7, 11) is 0. The second-order valence-corrected chi connectivity index (χ2v) is 7.05. The van der Waals surface area contributed by atoms with Crippen LogP contribution in [-0.4, -0.2) is 24.3 Å². The van der Waals surface area contributed by atoms with Crippen molar-refractivity contribution in [2.75, 3.05) is 17.2 Å². The van der Waals surface area contributed by atoms with Crippen molar-refractivity contribution in [1.29, 1.82) is 0 Å². The zero-order valence-electron chi connectivity index (χ0n) is 16.0. The SMILES string of the molecule is Cc1c(NC(=O)CNC(=O)C2CCCC2)cccc1C(=O)Nc1ccccc1. The number of para-hydroxylation sites is 1. The Balaban J connectivity index is 1.59. The number of benzene rings is 2. The lowest BCUT2D eigenvalue weighted by Crippen LogP contribution is -2.36. The number of hydrogen-bond acceptors (Lipinski definition) is 3. The summed E-state index contributed by atoms with van der Waals surface area (Å²) < 4.78 is 0. The van der Waals surface area contributed by atoms with Gasteiger partial charge in [-0.15, -0.1) is 0 Å². The Kier molecular flexibility index (Phi) is 6.42. The van der Waals surface area contributed by atoms with Crippen LogP contribution in [0.15, 0.2) is 48.5 Å². The van der Waals surface area contributed by atoms with Crippen molar-refractivity contribution in [2.45, 2.75) is 32.6 Å². The molecule has 0 bridgehead atoms. The van der Waals surface area contributed by atoms with Crippen molar-refractivity contribution in [3.63, 3.8) is 0 Å². The molecule has 0 saturated heterocycles. The van der Waals surface area contributed by atoms with Gasteiger partial charge in [0.1, 0.15) is 0 Å². The Morgan fingerprint density at radius 1 is 0.929 bits per heavy atom. The second kappa shape index (κ2) is 9.17. The number of carbonyl (C=O) groups is 3. The quantitative estimate of drug-likeness (QED) is 0.718. The van der Waals surface area contributed by atoms with Crippen molar-refractivity contribution in [3.05, 3.63) is 59.7 Å². The van der Waals surface area contributed by atoms with E-state index in [1.165, 1.54) is 0 Å². The lowest BCUT2D eigenvalue weighted by molar-refractivity contribution is -0.127. The van der Waals surface area contributed by atoms with Crippen molar-refractivity contribution in [2.24, 2.45) is 5.92 Å². The predicted molar refractivity (Wildman–Crippen MR) is 109 cm³/mol. The van der Waals surface area contributed by atoms with Gasteiger partial charge in [-0.25, -0.2) is 0 Å². The molecule has 0 spiro atoms. The van der Waals surface area contributed by atoms with Crippen LogP contribution in [0.5, 0.6) is 0 Å². The fourth-order valence-electron chi connectivity index (χ4n) is 3.43. The molecule has 0 radical (unpaired) electrons. The summed E-state index contributed by atoms with van der Waals surface area (Å²) in [5, 5.41) is 8.33. The molecule has 3 rings (SSSR count). The largest absolute Gasteiger partial charge is 0.347 e. The first-order chi connectivity index (χ1) is 13.5. The molecule has 1 aliphatic carbocycles. The maximum absolute atomic E-state index is 12.6. The molecule has 1 aliphatic rings. The van der Waals surface area contributed by atoms with E-state index in [1.807, 2.05) is 30.3 Å². The van der Waals surface area contributed by atoms with Crippen molar-refractivity contribution in [3.8, 4) is 0 Å². The van der Waals surface area contributed by atoms with Crippen molar-refractivity contribution < 1.29 is 14.4 Å². The Morgan fingerprint density at radius 3 is 2.36 bits per heavy atom. The predicted octanol–water partition coefficient (Wildman–Crippen LogP) is 3.49. The molecule has 2 aromatic carbocycles. The molecule has 1 fully saturated rings. The number of rotatable bonds is 6. The van der Waals surface area contributed by atoms with Gasteiger partial charge < -0.3 is 16.0 Å². The van der Waals surface area contributed by atoms with Crippen molar-refractivity contribution >= 4 is 29.1 Å². The van der Waals surface area contributed by atoms with Crippen LogP contribution in [0, 0.1) is 12.8 Å². The Morgan fingerprint density at radius 2 is 1.64 bits per heavy atom. The highest BCUT2D eigenvalue weighted by Crippen LogP contribution is 2.24. The Labute approximate surface area is 164 Å². The van der Waals surface area contributed by atoms with Gasteiger partial charge in [0.2, 0.25) is 11.8 Å². The molecule has 3 amide bonds. The number of carbonyl (C=O) groups excluding carboxylic acids is 3. The van der Waals surface area contributed by atoms with Crippen LogP contribution in [0.2, 0.25) is 0 Å². The molecule has 6 heteroatoms. The molecule has 6 nitrogen and oxygen atoms in total. The molecule has 3 N–H and O–H groups in total. The monoisotopic (exact) mass is 379 g/mol. The third kappa shape index (κ3) is 4.97. The lowest BCUT2D eigenvalue weighted by Gasteiger charge is -2.14. The van der Waals surface area contributed by atoms with Crippen LogP contribution < -0.4 is 16.0 Å². The summed E-state index contributed by atoms with van der Waals surface area (Å²) in [5.74, 6) is -0.579. The van der Waals surface area contributed by atoms with Crippen LogP contribution in [-0.2, 0) is 9.59 Å². The van der Waals surface area contributed by atoms with Gasteiger partial charge in [0.25, 0.3) is 5.91 Å². The molecule has 0 atom stereocenters. The van der Waals surface area contributed by atoms with E-state index in [2.05, 4.69) is 16.0 Å². The minimum Gasteiger partial charge on any atom is -0.347 e. The maximum Gasteiger partial charge on any atom is 0.256 e. The van der Waals surface area contributed by atoms with Gasteiger partial charge in [0.15, 0.2) is 0 Å². The fourth-order valence-corrected chi connectivity index (χ4v) is 3.43. The summed E-state index contributed by atoms with van der Waals surface area (Å²) in [5.41, 5.74) is 2.42. The number of amides is 3. The van der Waals surface area contributed by atoms with Crippen LogP contribution in [0.4, 0.5) is 11.4 Å². The highest BCUT2D eigenvalue weighted by Gasteiger charge is 2.23. The smallest absolute Gasteiger partial charge is 0.256 e. The van der Waals surface area contributed by atoms with Gasteiger partial charge in [-0.05, 0) is 49.6 Å². The van der Waals surface area contributed by atoms with Crippen molar-refractivity contribution in [1.82, 2.24) is 5.32 Å². The molecule has 0 aliphatic heterocycles. The molecule has 1 saturated carbocycles. The first kappa shape index (κ1) is 19.6. The van der Waals surface area contributed by atoms with Gasteiger partial charge in [0, 0.05) is 22.9 Å². The molecule has 146 valence electrons. The molecule has 2 aromatic rings. The van der Waals surface area contributed by atoms with E-state index in [0.29, 0.717) is 22.5 Å². The topological polar surface area (TPSA) is 87.3 Å². The van der Waals surface area contributed by atoms with Gasteiger partial charge in [-0.1, -0.05) is 37.1 Å². The van der Waals surface area contributed by atoms with Gasteiger partial charge in [-0.2, -0.15) is 0 Å². The molecular weight excluding hydrogens is 354 g/mol. The van der Waals surface area contributed by atoms with Crippen LogP contribution in [0.25, 0.3) is 0 Å². The van der Waals surface area contributed by atoms with E-state index in [9.17, 15) is 14.4 Å². The minimum absolute atomic E-state index is 0.0274. The second-order valence-electron chi connectivity index (χ2n) is 7.05. The summed E-state index contributed by atoms with van der Waals surface area (Å²) in [6.45, 7) is 1.71. The Hall–Kier alpha value is -3.15. The maximum atomic E-state index is 12.6. The average Bonchev–Trinajstić information content (AvgIpc) is 3.23. The zero-order valence-corrected chi connectivity index (χ0v) is 16.0. The summed E-state index contributed by atoms with van der Waals surface area (Å²) in [4.78, 5) is 36.8. The van der Waals surface area contributed by atoms with Gasteiger partial charge in [0.05, 0.1) is 6.54 Å². The van der Waals surface area contributed by atoms with E-state index >= 15 is 0 Å². The number of nitrogens with one attached hydrogen (secondary N) is 3. The highest BCUT2D eigenvalue weighted by molar-refractivity contribution is 6.07. The Bertz CT molecular complexity index is 859. The first-order valence-electron chi connectivity index (χ1n) is 9.58. The molecule has 0 heterocycles. The fraction of sp³-hybridized carbons (Fsp3) is 0.318. The van der Waals surface area contributed by atoms with Gasteiger partial charge >= 0.3 is 0 Å². The molecule has 0 aromatic heterocycles. The standard InChI is InChI=1S/C22H25N3O3/c1-15-18(22(28)24-17-10-3-2-4-11-17)12-7-13-19(15)25-20(26)14-23-21(27)16-8-5-6-9-16/h2-4,7,10-13,16H,5-6,8-9,14H2,1H3,(H,23,27)(H,24,28)(H,25,26). The molecular formula is C22H25N3O3. The summed E-state index contributed by atoms with van der Waals surface area (Å²) in [6.07, 6.45) is 3.93. The third-order valence-corrected chi connectivity index (χ3v) is 5.03. The van der Waals surface area contributed by atoms with Crippen LogP contribution >= 0.6 is 0 Å². The molecule has 28 heavy (non-hydrogen) atoms. The molecule has 0 unspecified atom stereocenters. The minimum atomic E-state index is -0.310. The van der Waals surface area contributed by atoms with Gasteiger partial charge in [-0.3, -0.25) is 14.4 Å². The lowest BCUT2D eigenvalue weighted by atomic mass is 10.1. The van der Waals surface area contributed by atoms with E-state index in [-0.39, 0.29) is 30.2 Å². The zero-order chi connectivity index (χ0) is 19.9. The number of hydrogen-bond donors (Lipinski definition) is 3. The highest BCUT2D eigenvalue weighted by atomic mass is 16.2. The average molecular weight is 379 g/mol. The van der Waals surface area contributed by atoms with E-state index < -0.39 is 0 Å². The van der Waals surface area contributed by atoms with E-state index in [1.54, 1.807) is 25.1 Å². The summed E-state index contributed by atoms with van der Waals surface area (Å²) >= 11 is 0. The van der Waals surface area contributed by atoms with Crippen LogP contribution in [0.1, 0.15) is 41.6 Å². The van der Waals surface area contributed by atoms with E-state index in [4.69, 9.17) is 0 Å². The number of anilines is 2.